The van der Waals surface area contributed by atoms with Crippen molar-refractivity contribution in [2.45, 2.75) is 13.0 Å². The molecule has 2 aliphatic rings. The largest absolute Gasteiger partial charge is 0.481 e. The minimum absolute atomic E-state index is 0.0270. The van der Waals surface area contributed by atoms with Crippen molar-refractivity contribution >= 4 is 17.6 Å². The predicted molar refractivity (Wildman–Crippen MR) is 78.2 cm³/mol. The third-order valence-electron chi connectivity index (χ3n) is 4.54. The SMILES string of the molecule is O=C(O)[C@@H]1[C@H](C(=O)OCc2ccc([N+](=O)[O-])cc2)[C@@H]2C=C[C@H]1C2. The molecular formula is C16H15NO6. The van der Waals surface area contributed by atoms with Crippen molar-refractivity contribution in [3.8, 4) is 0 Å². The van der Waals surface area contributed by atoms with Gasteiger partial charge in [0.2, 0.25) is 0 Å². The number of carboxylic acids is 1. The number of nitro groups is 1. The van der Waals surface area contributed by atoms with Gasteiger partial charge in [-0.2, -0.15) is 0 Å². The molecule has 0 amide bonds. The van der Waals surface area contributed by atoms with Gasteiger partial charge in [-0.3, -0.25) is 19.7 Å². The molecule has 0 spiro atoms. The summed E-state index contributed by atoms with van der Waals surface area (Å²) in [5.74, 6) is -3.05. The van der Waals surface area contributed by atoms with Gasteiger partial charge in [0.1, 0.15) is 6.61 Å². The second-order valence-corrected chi connectivity index (χ2v) is 5.87. The minimum Gasteiger partial charge on any atom is -0.481 e. The Labute approximate surface area is 131 Å². The lowest BCUT2D eigenvalue weighted by atomic mass is 9.83. The van der Waals surface area contributed by atoms with Crippen molar-refractivity contribution in [2.24, 2.45) is 23.7 Å². The van der Waals surface area contributed by atoms with Gasteiger partial charge in [-0.25, -0.2) is 0 Å². The number of benzene rings is 1. The van der Waals surface area contributed by atoms with Crippen LogP contribution in [0.4, 0.5) is 5.69 Å². The quantitative estimate of drug-likeness (QED) is 0.386. The van der Waals surface area contributed by atoms with Crippen molar-refractivity contribution in [1.82, 2.24) is 0 Å². The molecule has 1 aromatic rings. The van der Waals surface area contributed by atoms with E-state index in [2.05, 4.69) is 0 Å². The van der Waals surface area contributed by atoms with Crippen molar-refractivity contribution < 1.29 is 24.4 Å². The van der Waals surface area contributed by atoms with E-state index in [0.29, 0.717) is 12.0 Å². The molecule has 0 aromatic heterocycles. The van der Waals surface area contributed by atoms with Crippen LogP contribution in [0.5, 0.6) is 0 Å². The summed E-state index contributed by atoms with van der Waals surface area (Å²) in [6.45, 7) is -0.0270. The van der Waals surface area contributed by atoms with Crippen molar-refractivity contribution in [1.29, 1.82) is 0 Å². The predicted octanol–water partition coefficient (Wildman–Crippen LogP) is 2.16. The molecule has 7 nitrogen and oxygen atoms in total. The molecule has 0 saturated heterocycles. The molecule has 120 valence electrons. The fraction of sp³-hybridized carbons (Fsp3) is 0.375. The van der Waals surface area contributed by atoms with Gasteiger partial charge in [0, 0.05) is 12.1 Å². The summed E-state index contributed by atoms with van der Waals surface area (Å²) in [4.78, 5) is 33.7. The molecule has 0 aliphatic heterocycles. The molecule has 3 rings (SSSR count). The van der Waals surface area contributed by atoms with E-state index >= 15 is 0 Å². The molecule has 0 unspecified atom stereocenters. The third-order valence-corrected chi connectivity index (χ3v) is 4.54. The van der Waals surface area contributed by atoms with Crippen LogP contribution in [0.25, 0.3) is 0 Å². The van der Waals surface area contributed by atoms with Crippen molar-refractivity contribution in [3.63, 3.8) is 0 Å². The van der Waals surface area contributed by atoms with E-state index in [1.165, 1.54) is 24.3 Å². The van der Waals surface area contributed by atoms with Crippen LogP contribution in [-0.2, 0) is 20.9 Å². The van der Waals surface area contributed by atoms with Gasteiger partial charge in [-0.1, -0.05) is 12.2 Å². The number of carbonyl (C=O) groups is 2. The average Bonchev–Trinajstić information content (AvgIpc) is 3.13. The molecule has 1 N–H and O–H groups in total. The summed E-state index contributed by atoms with van der Waals surface area (Å²) < 4.78 is 5.24. The highest BCUT2D eigenvalue weighted by Gasteiger charge is 2.52. The topological polar surface area (TPSA) is 107 Å². The first-order valence-corrected chi connectivity index (χ1v) is 7.28. The molecule has 1 saturated carbocycles. The van der Waals surface area contributed by atoms with Crippen LogP contribution in [0, 0.1) is 33.8 Å². The first-order valence-electron chi connectivity index (χ1n) is 7.28. The lowest BCUT2D eigenvalue weighted by Crippen LogP contribution is -2.34. The van der Waals surface area contributed by atoms with Crippen LogP contribution in [0.3, 0.4) is 0 Å². The Hall–Kier alpha value is -2.70. The zero-order valence-electron chi connectivity index (χ0n) is 12.1. The summed E-state index contributed by atoms with van der Waals surface area (Å²) in [7, 11) is 0. The Bertz CT molecular complexity index is 680. The zero-order valence-corrected chi connectivity index (χ0v) is 12.1. The fourth-order valence-electron chi connectivity index (χ4n) is 3.44. The number of carbonyl (C=O) groups excluding carboxylic acids is 1. The lowest BCUT2D eigenvalue weighted by molar-refractivity contribution is -0.384. The number of esters is 1. The van der Waals surface area contributed by atoms with Gasteiger partial charge in [0.15, 0.2) is 0 Å². The number of non-ortho nitro benzene ring substituents is 1. The zero-order chi connectivity index (χ0) is 16.6. The average molecular weight is 317 g/mol. The number of nitrogens with zero attached hydrogens (tertiary/aromatic N) is 1. The summed E-state index contributed by atoms with van der Waals surface area (Å²) in [5, 5.41) is 19.9. The summed E-state index contributed by atoms with van der Waals surface area (Å²) in [6.07, 6.45) is 4.43. The van der Waals surface area contributed by atoms with Gasteiger partial charge in [0.05, 0.1) is 16.8 Å². The standard InChI is InChI=1S/C16H15NO6/c18-15(19)13-10-3-4-11(7-10)14(13)16(20)23-8-9-1-5-12(6-2-9)17(21)22/h1-6,10-11,13-14H,7-8H2,(H,18,19)/t10-,11+,13-,14+/m0/s1. The Morgan fingerprint density at radius 3 is 2.35 bits per heavy atom. The summed E-state index contributed by atoms with van der Waals surface area (Å²) >= 11 is 0. The summed E-state index contributed by atoms with van der Waals surface area (Å²) in [5.41, 5.74) is 0.582. The number of allylic oxidation sites excluding steroid dienone is 2. The molecular weight excluding hydrogens is 302 g/mol. The van der Waals surface area contributed by atoms with E-state index in [9.17, 15) is 24.8 Å². The lowest BCUT2D eigenvalue weighted by Gasteiger charge is -2.23. The number of carboxylic acid groups (broad SMARTS) is 1. The first-order chi connectivity index (χ1) is 11.0. The maximum absolute atomic E-state index is 12.3. The number of hydrogen-bond donors (Lipinski definition) is 1. The number of hydrogen-bond acceptors (Lipinski definition) is 5. The molecule has 0 heterocycles. The molecule has 2 bridgehead atoms. The second-order valence-electron chi connectivity index (χ2n) is 5.87. The van der Waals surface area contributed by atoms with E-state index < -0.39 is 28.7 Å². The number of rotatable bonds is 5. The van der Waals surface area contributed by atoms with E-state index in [1.807, 2.05) is 12.2 Å². The fourth-order valence-corrected chi connectivity index (χ4v) is 3.44. The molecule has 2 aliphatic carbocycles. The molecule has 4 atom stereocenters. The van der Waals surface area contributed by atoms with Crippen LogP contribution in [-0.4, -0.2) is 22.0 Å². The number of fused-ring (bicyclic) bond motifs is 2. The van der Waals surface area contributed by atoms with E-state index in [0.717, 1.165) is 0 Å². The molecule has 7 heteroatoms. The second kappa shape index (κ2) is 5.83. The van der Waals surface area contributed by atoms with Crippen LogP contribution >= 0.6 is 0 Å². The Morgan fingerprint density at radius 1 is 1.17 bits per heavy atom. The third kappa shape index (κ3) is 2.81. The Morgan fingerprint density at radius 2 is 1.78 bits per heavy atom. The van der Waals surface area contributed by atoms with Gasteiger partial charge in [-0.15, -0.1) is 0 Å². The van der Waals surface area contributed by atoms with Crippen molar-refractivity contribution in [3.05, 3.63) is 52.1 Å². The number of nitro benzene ring substituents is 1. The normalized spacial score (nSPS) is 27.8. The maximum Gasteiger partial charge on any atom is 0.310 e. The van der Waals surface area contributed by atoms with E-state index in [-0.39, 0.29) is 24.1 Å². The highest BCUT2D eigenvalue weighted by Crippen LogP contribution is 2.48. The first kappa shape index (κ1) is 15.2. The van der Waals surface area contributed by atoms with Crippen LogP contribution in [0.15, 0.2) is 36.4 Å². The Balaban J connectivity index is 1.64. The molecule has 23 heavy (non-hydrogen) atoms. The van der Waals surface area contributed by atoms with E-state index in [1.54, 1.807) is 0 Å². The number of ether oxygens (including phenoxy) is 1. The minimum atomic E-state index is -0.973. The maximum atomic E-state index is 12.3. The monoisotopic (exact) mass is 317 g/mol. The smallest absolute Gasteiger partial charge is 0.310 e. The van der Waals surface area contributed by atoms with Crippen molar-refractivity contribution in [2.75, 3.05) is 0 Å². The van der Waals surface area contributed by atoms with Gasteiger partial charge < -0.3 is 9.84 Å². The summed E-state index contributed by atoms with van der Waals surface area (Å²) in [6, 6.07) is 5.70. The molecule has 1 aromatic carbocycles. The van der Waals surface area contributed by atoms with Crippen LogP contribution in [0.1, 0.15) is 12.0 Å². The molecule has 1 fully saturated rings. The van der Waals surface area contributed by atoms with Gasteiger partial charge in [0.25, 0.3) is 5.69 Å². The molecule has 0 radical (unpaired) electrons. The van der Waals surface area contributed by atoms with E-state index in [4.69, 9.17) is 4.74 Å². The number of aliphatic carboxylic acids is 1. The highest BCUT2D eigenvalue weighted by atomic mass is 16.6. The van der Waals surface area contributed by atoms with Crippen LogP contribution < -0.4 is 0 Å². The highest BCUT2D eigenvalue weighted by molar-refractivity contribution is 5.83. The Kier molecular flexibility index (Phi) is 3.85. The van der Waals surface area contributed by atoms with Crippen LogP contribution in [0.2, 0.25) is 0 Å². The van der Waals surface area contributed by atoms with Gasteiger partial charge >= 0.3 is 11.9 Å². The van der Waals surface area contributed by atoms with Gasteiger partial charge in [-0.05, 0) is 36.0 Å².